The number of nitro groups is 1. The number of carbonyl (C=O) groups is 1. The molecule has 1 aliphatic heterocycles. The highest BCUT2D eigenvalue weighted by Gasteiger charge is 2.26. The van der Waals surface area contributed by atoms with Crippen LogP contribution in [0.25, 0.3) is 5.82 Å². The zero-order chi connectivity index (χ0) is 21.8. The molecule has 31 heavy (non-hydrogen) atoms. The summed E-state index contributed by atoms with van der Waals surface area (Å²) in [6.45, 7) is 2.78. The number of hydrogen-bond donors (Lipinski definition) is 2. The van der Waals surface area contributed by atoms with Gasteiger partial charge in [-0.2, -0.15) is 9.78 Å². The van der Waals surface area contributed by atoms with Crippen LogP contribution in [0.3, 0.4) is 0 Å². The second kappa shape index (κ2) is 8.67. The molecule has 16 nitrogen and oxygen atoms in total. The fraction of sp³-hybridized carbons (Fsp3) is 0.333. The van der Waals surface area contributed by atoms with E-state index in [1.807, 2.05) is 4.90 Å². The van der Waals surface area contributed by atoms with E-state index in [0.717, 1.165) is 10.9 Å². The van der Waals surface area contributed by atoms with Gasteiger partial charge in [0.2, 0.25) is 11.6 Å². The molecule has 0 saturated carbocycles. The first-order valence-corrected chi connectivity index (χ1v) is 8.93. The molecule has 0 unspecified atom stereocenters. The molecule has 1 aliphatic rings. The highest BCUT2D eigenvalue weighted by Crippen LogP contribution is 2.18. The second-order valence-electron chi connectivity index (χ2n) is 6.29. The van der Waals surface area contributed by atoms with Crippen molar-refractivity contribution < 1.29 is 23.5 Å². The number of carbonyl (C=O) groups excluding carboxylic acids is 1. The zero-order valence-corrected chi connectivity index (χ0v) is 15.9. The third-order valence-electron chi connectivity index (χ3n) is 4.28. The van der Waals surface area contributed by atoms with Gasteiger partial charge in [0.05, 0.1) is 25.5 Å². The fourth-order valence-corrected chi connectivity index (χ4v) is 2.82. The van der Waals surface area contributed by atoms with Gasteiger partial charge in [0.25, 0.3) is 5.91 Å². The predicted molar refractivity (Wildman–Crippen MR) is 100 cm³/mol. The summed E-state index contributed by atoms with van der Waals surface area (Å²) >= 11 is 0. The van der Waals surface area contributed by atoms with Crippen molar-refractivity contribution in [2.75, 3.05) is 32.0 Å². The second-order valence-corrected chi connectivity index (χ2v) is 6.29. The number of nitrogen functional groups attached to an aromatic ring is 1. The van der Waals surface area contributed by atoms with Crippen LogP contribution in [0.4, 0.5) is 11.7 Å². The number of hydrogen-bond acceptors (Lipinski definition) is 13. The van der Waals surface area contributed by atoms with Gasteiger partial charge < -0.3 is 14.9 Å². The van der Waals surface area contributed by atoms with Crippen LogP contribution in [0.1, 0.15) is 21.9 Å². The van der Waals surface area contributed by atoms with Crippen molar-refractivity contribution in [3.8, 4) is 5.82 Å². The number of rotatable bonds is 7. The minimum atomic E-state index is -0.686. The van der Waals surface area contributed by atoms with E-state index in [1.54, 1.807) is 0 Å². The summed E-state index contributed by atoms with van der Waals surface area (Å²) in [6, 6.07) is 2.51. The van der Waals surface area contributed by atoms with E-state index < -0.39 is 16.7 Å². The Kier molecular flexibility index (Phi) is 5.63. The Morgan fingerprint density at radius 3 is 2.84 bits per heavy atom. The number of nitrogens with zero attached hydrogens (tertiary/aromatic N) is 8. The molecule has 0 aromatic carbocycles. The third-order valence-corrected chi connectivity index (χ3v) is 4.28. The van der Waals surface area contributed by atoms with E-state index in [2.05, 4.69) is 35.8 Å². The van der Waals surface area contributed by atoms with Gasteiger partial charge in [-0.3, -0.25) is 19.8 Å². The van der Waals surface area contributed by atoms with Gasteiger partial charge in [0.15, 0.2) is 11.5 Å². The largest absolute Gasteiger partial charge is 0.433 e. The van der Waals surface area contributed by atoms with Gasteiger partial charge in [0.1, 0.15) is 10.6 Å². The number of furan rings is 1. The fourth-order valence-electron chi connectivity index (χ4n) is 2.82. The normalized spacial score (nSPS) is 14.8. The lowest BCUT2D eigenvalue weighted by Gasteiger charge is -2.25. The molecule has 0 spiro atoms. The Bertz CT molecular complexity index is 1110. The van der Waals surface area contributed by atoms with Crippen molar-refractivity contribution >= 4 is 23.8 Å². The Morgan fingerprint density at radius 2 is 2.16 bits per heavy atom. The lowest BCUT2D eigenvalue weighted by Crippen LogP contribution is -2.36. The van der Waals surface area contributed by atoms with Crippen molar-refractivity contribution in [1.29, 1.82) is 0 Å². The Balaban J connectivity index is 1.56. The molecule has 3 aromatic rings. The monoisotopic (exact) mass is 432 g/mol. The number of aromatic nitrogens is 5. The zero-order valence-electron chi connectivity index (χ0n) is 15.9. The lowest BCUT2D eigenvalue weighted by atomic mass is 10.2. The topological polar surface area (TPSA) is 206 Å². The smallest absolute Gasteiger partial charge is 0.400 e. The summed E-state index contributed by atoms with van der Waals surface area (Å²) in [5, 5.41) is 29.6. The first-order chi connectivity index (χ1) is 15.0. The van der Waals surface area contributed by atoms with Gasteiger partial charge in [-0.05, 0) is 16.4 Å². The van der Waals surface area contributed by atoms with Gasteiger partial charge >= 0.3 is 5.88 Å². The molecule has 0 aliphatic carbocycles. The van der Waals surface area contributed by atoms with Crippen molar-refractivity contribution in [1.82, 2.24) is 35.6 Å². The van der Waals surface area contributed by atoms with Crippen molar-refractivity contribution in [2.45, 2.75) is 6.54 Å². The summed E-state index contributed by atoms with van der Waals surface area (Å²) in [5.74, 6) is -1.12. The maximum absolute atomic E-state index is 12.9. The molecule has 1 fully saturated rings. The molecule has 162 valence electrons. The van der Waals surface area contributed by atoms with Crippen LogP contribution >= 0.6 is 0 Å². The molecule has 4 heterocycles. The molecule has 1 saturated heterocycles. The highest BCUT2D eigenvalue weighted by molar-refractivity contribution is 5.94. The van der Waals surface area contributed by atoms with Crippen LogP contribution in [-0.4, -0.2) is 73.6 Å². The van der Waals surface area contributed by atoms with Crippen LogP contribution in [0, 0.1) is 10.1 Å². The predicted octanol–water partition coefficient (Wildman–Crippen LogP) is -0.670. The average molecular weight is 432 g/mol. The maximum Gasteiger partial charge on any atom is 0.433 e. The highest BCUT2D eigenvalue weighted by atomic mass is 16.6. The number of hydrazone groups is 1. The molecule has 3 N–H and O–H groups in total. The summed E-state index contributed by atoms with van der Waals surface area (Å²) < 4.78 is 16.0. The van der Waals surface area contributed by atoms with Crippen LogP contribution in [0.15, 0.2) is 26.3 Å². The standard InChI is InChI=1S/C15H16N10O6/c16-13-14(21-31-20-13)24-12(10(18-22-24)8-23-3-5-29-6-4-23)15(26)19-17-7-9-1-2-11(30-9)25(27)28/h1-2,7H,3-6,8H2,(H2,16,20)(H,19,26)/b17-7-. The van der Waals surface area contributed by atoms with E-state index in [0.29, 0.717) is 38.5 Å². The molecular weight excluding hydrogens is 416 g/mol. The summed E-state index contributed by atoms with van der Waals surface area (Å²) in [6.07, 6.45) is 1.12. The van der Waals surface area contributed by atoms with Crippen molar-refractivity contribution in [2.24, 2.45) is 5.10 Å². The molecule has 4 rings (SSSR count). The van der Waals surface area contributed by atoms with Crippen molar-refractivity contribution in [3.63, 3.8) is 0 Å². The molecule has 16 heteroatoms. The van der Waals surface area contributed by atoms with E-state index in [9.17, 15) is 14.9 Å². The lowest BCUT2D eigenvalue weighted by molar-refractivity contribution is -0.402. The van der Waals surface area contributed by atoms with Gasteiger partial charge in [-0.1, -0.05) is 5.21 Å². The van der Waals surface area contributed by atoms with Crippen LogP contribution in [-0.2, 0) is 11.3 Å². The van der Waals surface area contributed by atoms with E-state index >= 15 is 0 Å². The summed E-state index contributed by atoms with van der Waals surface area (Å²) in [4.78, 5) is 24.9. The van der Waals surface area contributed by atoms with E-state index in [-0.39, 0.29) is 23.1 Å². The average Bonchev–Trinajstić information content (AvgIpc) is 3.48. The SMILES string of the molecule is Nc1nonc1-n1nnc(CN2CCOCC2)c1C(=O)N/N=C\c1ccc([N+](=O)[O-])o1. The minimum Gasteiger partial charge on any atom is -0.400 e. The third kappa shape index (κ3) is 4.38. The van der Waals surface area contributed by atoms with E-state index in [4.69, 9.17) is 14.9 Å². The summed E-state index contributed by atoms with van der Waals surface area (Å²) in [5.41, 5.74) is 8.41. The quantitative estimate of drug-likeness (QED) is 0.271. The number of ether oxygens (including phenoxy) is 1. The molecule has 0 radical (unpaired) electrons. The minimum absolute atomic E-state index is 0.00323. The Labute approximate surface area is 172 Å². The number of morpholine rings is 1. The number of nitrogens with two attached hydrogens (primary N) is 1. The van der Waals surface area contributed by atoms with Crippen LogP contribution < -0.4 is 11.2 Å². The first-order valence-electron chi connectivity index (χ1n) is 8.93. The van der Waals surface area contributed by atoms with Gasteiger partial charge in [0, 0.05) is 19.6 Å². The van der Waals surface area contributed by atoms with Crippen molar-refractivity contribution in [3.05, 3.63) is 39.4 Å². The molecule has 0 bridgehead atoms. The number of anilines is 1. The molecule has 3 aromatic heterocycles. The molecular formula is C15H16N10O6. The summed E-state index contributed by atoms with van der Waals surface area (Å²) in [7, 11) is 0. The van der Waals surface area contributed by atoms with Crippen LogP contribution in [0.5, 0.6) is 0 Å². The Hall–Kier alpha value is -4.18. The van der Waals surface area contributed by atoms with Gasteiger partial charge in [-0.25, -0.2) is 10.1 Å². The number of nitrogens with one attached hydrogen (secondary N) is 1. The van der Waals surface area contributed by atoms with Crippen LogP contribution in [0.2, 0.25) is 0 Å². The maximum atomic E-state index is 12.9. The molecule has 0 atom stereocenters. The molecule has 1 amide bonds. The van der Waals surface area contributed by atoms with Gasteiger partial charge in [-0.15, -0.1) is 5.10 Å². The number of amides is 1. The van der Waals surface area contributed by atoms with E-state index in [1.165, 1.54) is 12.1 Å². The Morgan fingerprint density at radius 1 is 1.35 bits per heavy atom. The first kappa shape index (κ1) is 20.1.